The minimum Gasteiger partial charge on any atom is -0.494 e. The molecule has 0 atom stereocenters. The number of hydrogen-bond donors (Lipinski definition) is 2. The van der Waals surface area contributed by atoms with Crippen molar-refractivity contribution in [2.24, 2.45) is 0 Å². The van der Waals surface area contributed by atoms with E-state index in [1.807, 2.05) is 36.7 Å². The molecule has 2 N–H and O–H groups in total. The van der Waals surface area contributed by atoms with Crippen LogP contribution in [0.2, 0.25) is 0 Å². The molecule has 0 saturated heterocycles. The number of benzene rings is 1. The number of pyridine rings is 1. The number of ether oxygens (including phenoxy) is 1. The first-order chi connectivity index (χ1) is 9.88. The number of fused-ring (bicyclic) bond motifs is 2. The molecule has 98 valence electrons. The molecular formula is C16H13N3O. The second kappa shape index (κ2) is 4.13. The van der Waals surface area contributed by atoms with Gasteiger partial charge < -0.3 is 14.7 Å². The fraction of sp³-hybridized carbons (Fsp3) is 0.0625. The lowest BCUT2D eigenvalue weighted by Gasteiger charge is -2.10. The third-order valence-corrected chi connectivity index (χ3v) is 3.56. The zero-order valence-corrected chi connectivity index (χ0v) is 11.0. The van der Waals surface area contributed by atoms with Crippen LogP contribution in [0, 0.1) is 0 Å². The number of rotatable bonds is 2. The maximum absolute atomic E-state index is 5.44. The first-order valence-electron chi connectivity index (χ1n) is 6.46. The fourth-order valence-corrected chi connectivity index (χ4v) is 2.68. The number of aromatic nitrogens is 3. The highest BCUT2D eigenvalue weighted by atomic mass is 16.5. The van der Waals surface area contributed by atoms with Crippen molar-refractivity contribution >= 4 is 21.9 Å². The zero-order chi connectivity index (χ0) is 13.5. The van der Waals surface area contributed by atoms with Crippen LogP contribution in [0.4, 0.5) is 0 Å². The summed E-state index contributed by atoms with van der Waals surface area (Å²) in [5.41, 5.74) is 5.04. The topological polar surface area (TPSA) is 53.7 Å². The van der Waals surface area contributed by atoms with E-state index < -0.39 is 0 Å². The Hall–Kier alpha value is -2.75. The minimum absolute atomic E-state index is 0.790. The maximum Gasteiger partial charge on any atom is 0.145 e. The van der Waals surface area contributed by atoms with E-state index in [1.165, 1.54) is 0 Å². The molecule has 3 heterocycles. The highest BCUT2D eigenvalue weighted by molar-refractivity contribution is 6.08. The monoisotopic (exact) mass is 263 g/mol. The summed E-state index contributed by atoms with van der Waals surface area (Å²) in [6.07, 6.45) is 3.84. The predicted octanol–water partition coefficient (Wildman–Crippen LogP) is 3.72. The van der Waals surface area contributed by atoms with Crippen LogP contribution in [-0.4, -0.2) is 22.1 Å². The van der Waals surface area contributed by atoms with Crippen LogP contribution >= 0.6 is 0 Å². The molecule has 0 saturated carbocycles. The third kappa shape index (κ3) is 1.45. The first kappa shape index (κ1) is 11.1. The minimum atomic E-state index is 0.790. The molecule has 0 amide bonds. The summed E-state index contributed by atoms with van der Waals surface area (Å²) in [4.78, 5) is 11.3. The van der Waals surface area contributed by atoms with E-state index in [1.54, 1.807) is 7.11 Å². The highest BCUT2D eigenvalue weighted by Crippen LogP contribution is 2.36. The molecule has 4 rings (SSSR count). The quantitative estimate of drug-likeness (QED) is 0.579. The van der Waals surface area contributed by atoms with Gasteiger partial charge in [0.15, 0.2) is 0 Å². The van der Waals surface area contributed by atoms with Crippen molar-refractivity contribution in [1.82, 2.24) is 15.0 Å². The van der Waals surface area contributed by atoms with E-state index in [0.29, 0.717) is 0 Å². The van der Waals surface area contributed by atoms with Crippen LogP contribution in [0.3, 0.4) is 0 Å². The largest absolute Gasteiger partial charge is 0.494 e. The number of nitrogens with one attached hydrogen (secondary N) is 2. The van der Waals surface area contributed by atoms with Gasteiger partial charge in [-0.1, -0.05) is 12.1 Å². The molecule has 0 aliphatic heterocycles. The van der Waals surface area contributed by atoms with E-state index in [9.17, 15) is 0 Å². The molecule has 20 heavy (non-hydrogen) atoms. The number of hydrogen-bond acceptors (Lipinski definition) is 2. The second-order valence-electron chi connectivity index (χ2n) is 4.66. The molecule has 0 bridgehead atoms. The lowest BCUT2D eigenvalue weighted by atomic mass is 10.0. The van der Waals surface area contributed by atoms with Gasteiger partial charge >= 0.3 is 0 Å². The lowest BCUT2D eigenvalue weighted by Crippen LogP contribution is -1.91. The van der Waals surface area contributed by atoms with Gasteiger partial charge in [-0.15, -0.1) is 0 Å². The van der Waals surface area contributed by atoms with Gasteiger partial charge in [-0.2, -0.15) is 0 Å². The van der Waals surface area contributed by atoms with Crippen molar-refractivity contribution in [3.8, 4) is 17.0 Å². The molecule has 1 aromatic carbocycles. The molecule has 0 unspecified atom stereocenters. The summed E-state index contributed by atoms with van der Waals surface area (Å²) >= 11 is 0. The Kier molecular flexibility index (Phi) is 2.29. The molecule has 0 spiro atoms. The summed E-state index contributed by atoms with van der Waals surface area (Å²) < 4.78 is 5.44. The van der Waals surface area contributed by atoms with Crippen LogP contribution in [0.15, 0.2) is 48.8 Å². The van der Waals surface area contributed by atoms with Crippen molar-refractivity contribution in [3.05, 3.63) is 48.8 Å². The summed E-state index contributed by atoms with van der Waals surface area (Å²) in [6.45, 7) is 0. The van der Waals surface area contributed by atoms with Gasteiger partial charge in [-0.3, -0.25) is 0 Å². The number of aromatic amines is 2. The SMILES string of the molecule is COc1cccc2c(-c3ccc[nH]3)c3[nH]ccc3nc12. The van der Waals surface area contributed by atoms with Gasteiger partial charge in [0.2, 0.25) is 0 Å². The van der Waals surface area contributed by atoms with Crippen molar-refractivity contribution < 1.29 is 4.74 Å². The average Bonchev–Trinajstić information content (AvgIpc) is 3.15. The van der Waals surface area contributed by atoms with E-state index >= 15 is 0 Å². The van der Waals surface area contributed by atoms with E-state index in [0.717, 1.165) is 38.9 Å². The van der Waals surface area contributed by atoms with Gasteiger partial charge in [-0.05, 0) is 24.3 Å². The number of H-pyrrole nitrogens is 2. The van der Waals surface area contributed by atoms with Crippen LogP contribution in [0.1, 0.15) is 0 Å². The van der Waals surface area contributed by atoms with Crippen molar-refractivity contribution in [3.63, 3.8) is 0 Å². The van der Waals surface area contributed by atoms with Gasteiger partial charge in [-0.25, -0.2) is 4.98 Å². The zero-order valence-electron chi connectivity index (χ0n) is 11.0. The Morgan fingerprint density at radius 2 is 1.95 bits per heavy atom. The Balaban J connectivity index is 2.24. The molecule has 4 heteroatoms. The highest BCUT2D eigenvalue weighted by Gasteiger charge is 2.14. The Morgan fingerprint density at radius 3 is 2.75 bits per heavy atom. The van der Waals surface area contributed by atoms with Gasteiger partial charge in [0.25, 0.3) is 0 Å². The first-order valence-corrected chi connectivity index (χ1v) is 6.46. The van der Waals surface area contributed by atoms with Crippen LogP contribution in [0.5, 0.6) is 5.75 Å². The molecule has 0 radical (unpaired) electrons. The summed E-state index contributed by atoms with van der Waals surface area (Å²) in [6, 6.07) is 12.0. The Labute approximate surface area is 115 Å². The number of methoxy groups -OCH3 is 1. The summed E-state index contributed by atoms with van der Waals surface area (Å²) in [5, 5.41) is 1.07. The standard InChI is InChI=1S/C16H13N3O/c1-20-13-6-2-4-10-14(11-5-3-8-17-11)16-12(7-9-18-16)19-15(10)13/h2-9,17-18H,1H3. The number of para-hydroxylation sites is 1. The molecule has 0 aliphatic carbocycles. The summed E-state index contributed by atoms with van der Waals surface area (Å²) in [7, 11) is 1.67. The predicted molar refractivity (Wildman–Crippen MR) is 79.9 cm³/mol. The average molecular weight is 263 g/mol. The molecule has 0 aliphatic rings. The molecule has 3 aromatic heterocycles. The molecule has 4 aromatic rings. The Morgan fingerprint density at radius 1 is 1.00 bits per heavy atom. The van der Waals surface area contributed by atoms with Gasteiger partial charge in [0.1, 0.15) is 11.3 Å². The normalized spacial score (nSPS) is 11.2. The van der Waals surface area contributed by atoms with Crippen molar-refractivity contribution in [1.29, 1.82) is 0 Å². The van der Waals surface area contributed by atoms with Gasteiger partial charge in [0.05, 0.1) is 18.1 Å². The Bertz CT molecular complexity index is 891. The summed E-state index contributed by atoms with van der Waals surface area (Å²) in [5.74, 6) is 0.790. The van der Waals surface area contributed by atoms with Crippen molar-refractivity contribution in [2.45, 2.75) is 0 Å². The maximum atomic E-state index is 5.44. The van der Waals surface area contributed by atoms with E-state index in [4.69, 9.17) is 9.72 Å². The van der Waals surface area contributed by atoms with Crippen LogP contribution in [-0.2, 0) is 0 Å². The van der Waals surface area contributed by atoms with Crippen LogP contribution in [0.25, 0.3) is 33.2 Å². The third-order valence-electron chi connectivity index (χ3n) is 3.56. The molecule has 0 fully saturated rings. The van der Waals surface area contributed by atoms with Crippen molar-refractivity contribution in [2.75, 3.05) is 7.11 Å². The van der Waals surface area contributed by atoms with Crippen LogP contribution < -0.4 is 4.74 Å². The second-order valence-corrected chi connectivity index (χ2v) is 4.66. The number of nitrogens with zero attached hydrogens (tertiary/aromatic N) is 1. The molecular weight excluding hydrogens is 250 g/mol. The lowest BCUT2D eigenvalue weighted by molar-refractivity contribution is 0.419. The smallest absolute Gasteiger partial charge is 0.145 e. The fourth-order valence-electron chi connectivity index (χ4n) is 2.68. The van der Waals surface area contributed by atoms with E-state index in [2.05, 4.69) is 22.1 Å². The van der Waals surface area contributed by atoms with Gasteiger partial charge in [0, 0.05) is 29.0 Å². The van der Waals surface area contributed by atoms with E-state index in [-0.39, 0.29) is 0 Å². The molecule has 4 nitrogen and oxygen atoms in total.